The van der Waals surface area contributed by atoms with E-state index >= 15 is 0 Å². The summed E-state index contributed by atoms with van der Waals surface area (Å²) in [7, 11) is 0. The number of hydrogen-bond acceptors (Lipinski definition) is 4. The van der Waals surface area contributed by atoms with E-state index in [1.54, 1.807) is 0 Å². The molecule has 3 fully saturated rings. The van der Waals surface area contributed by atoms with Gasteiger partial charge in [-0.3, -0.25) is 9.59 Å². The molecule has 150 valence electrons. The number of carbonyl (C=O) groups is 2. The third-order valence-electron chi connectivity index (χ3n) is 6.52. The quantitative estimate of drug-likeness (QED) is 0.780. The molecule has 6 nitrogen and oxygen atoms in total. The summed E-state index contributed by atoms with van der Waals surface area (Å²) in [6.45, 7) is 7.25. The summed E-state index contributed by atoms with van der Waals surface area (Å²) in [5.41, 5.74) is 4.20. The Balaban J connectivity index is 1.50. The Morgan fingerprint density at radius 2 is 1.64 bits per heavy atom. The van der Waals surface area contributed by atoms with Crippen molar-refractivity contribution in [3.63, 3.8) is 0 Å². The topological polar surface area (TPSA) is 78.9 Å². The number of anilines is 2. The van der Waals surface area contributed by atoms with Crippen LogP contribution in [-0.2, 0) is 14.3 Å². The van der Waals surface area contributed by atoms with Crippen LogP contribution in [0, 0.1) is 23.7 Å². The van der Waals surface area contributed by atoms with Gasteiger partial charge in [0, 0.05) is 24.5 Å². The molecule has 1 aromatic carbocycles. The largest absolute Gasteiger partial charge is 0.481 e. The molecule has 1 saturated heterocycles. The number of carbonyl (C=O) groups excluding carboxylic acids is 1. The van der Waals surface area contributed by atoms with Crippen LogP contribution in [0.1, 0.15) is 26.7 Å². The Morgan fingerprint density at radius 3 is 2.21 bits per heavy atom. The number of nitrogens with one attached hydrogen (secondary N) is 1. The molecular formula is C22H28N2O4. The maximum absolute atomic E-state index is 13.1. The van der Waals surface area contributed by atoms with Gasteiger partial charge in [0.15, 0.2) is 0 Å². The van der Waals surface area contributed by atoms with Crippen LogP contribution in [0.3, 0.4) is 0 Å². The van der Waals surface area contributed by atoms with Crippen molar-refractivity contribution in [1.29, 1.82) is 0 Å². The molecule has 2 bridgehead atoms. The molecule has 0 radical (unpaired) electrons. The fraction of sp³-hybridized carbons (Fsp3) is 0.545. The summed E-state index contributed by atoms with van der Waals surface area (Å²) in [5.74, 6) is -2.06. The highest BCUT2D eigenvalue weighted by atomic mass is 16.5. The standard InChI is InChI=1S/C22H28N2O4/c1-13(2)18-16-7-8-17(18)20(22(26)27)19(16)21(25)23-14-3-5-15(6-4-14)24-9-11-28-12-10-24/h3-6,16-17,19-20H,7-12H2,1-2H3,(H,23,25)(H,26,27)/t16-,17-,19+,20+/m1/s1. The minimum Gasteiger partial charge on any atom is -0.481 e. The van der Waals surface area contributed by atoms with Crippen LogP contribution in [0.4, 0.5) is 11.4 Å². The zero-order valence-electron chi connectivity index (χ0n) is 16.5. The number of fused-ring (bicyclic) bond motifs is 2. The van der Waals surface area contributed by atoms with E-state index < -0.39 is 17.8 Å². The van der Waals surface area contributed by atoms with Gasteiger partial charge in [-0.15, -0.1) is 0 Å². The highest BCUT2D eigenvalue weighted by Gasteiger charge is 2.57. The van der Waals surface area contributed by atoms with E-state index in [2.05, 4.69) is 10.2 Å². The number of hydrogen-bond donors (Lipinski definition) is 2. The first kappa shape index (κ1) is 19.0. The number of morpholine rings is 1. The third-order valence-corrected chi connectivity index (χ3v) is 6.52. The molecule has 2 saturated carbocycles. The molecule has 3 aliphatic rings. The zero-order valence-corrected chi connectivity index (χ0v) is 16.5. The maximum Gasteiger partial charge on any atom is 0.307 e. The van der Waals surface area contributed by atoms with Gasteiger partial charge >= 0.3 is 5.97 Å². The van der Waals surface area contributed by atoms with E-state index in [0.29, 0.717) is 5.69 Å². The zero-order chi connectivity index (χ0) is 19.8. The first-order chi connectivity index (χ1) is 13.5. The molecule has 0 aromatic heterocycles. The van der Waals surface area contributed by atoms with Crippen molar-refractivity contribution in [1.82, 2.24) is 0 Å². The molecule has 0 unspecified atom stereocenters. The molecule has 1 amide bonds. The number of nitrogens with zero attached hydrogens (tertiary/aromatic N) is 1. The van der Waals surface area contributed by atoms with Crippen molar-refractivity contribution >= 4 is 23.3 Å². The van der Waals surface area contributed by atoms with E-state index in [9.17, 15) is 14.7 Å². The number of benzene rings is 1. The van der Waals surface area contributed by atoms with Gasteiger partial charge in [0.25, 0.3) is 0 Å². The van der Waals surface area contributed by atoms with Crippen LogP contribution < -0.4 is 10.2 Å². The lowest BCUT2D eigenvalue weighted by molar-refractivity contribution is -0.148. The van der Waals surface area contributed by atoms with E-state index in [-0.39, 0.29) is 17.7 Å². The summed E-state index contributed by atoms with van der Waals surface area (Å²) in [6.07, 6.45) is 1.78. The smallest absolute Gasteiger partial charge is 0.307 e. The molecule has 28 heavy (non-hydrogen) atoms. The van der Waals surface area contributed by atoms with Gasteiger partial charge in [-0.1, -0.05) is 11.1 Å². The van der Waals surface area contributed by atoms with Crippen LogP contribution in [0.25, 0.3) is 0 Å². The van der Waals surface area contributed by atoms with Crippen molar-refractivity contribution in [2.24, 2.45) is 23.7 Å². The Labute approximate surface area is 165 Å². The average molecular weight is 384 g/mol. The summed E-state index contributed by atoms with van der Waals surface area (Å²) >= 11 is 0. The first-order valence-electron chi connectivity index (χ1n) is 10.1. The van der Waals surface area contributed by atoms with Crippen LogP contribution in [0.15, 0.2) is 35.4 Å². The number of amides is 1. The number of carboxylic acids is 1. The van der Waals surface area contributed by atoms with Crippen molar-refractivity contribution in [3.8, 4) is 0 Å². The van der Waals surface area contributed by atoms with Gasteiger partial charge in [-0.25, -0.2) is 0 Å². The second kappa shape index (κ2) is 7.59. The van der Waals surface area contributed by atoms with Crippen molar-refractivity contribution in [2.45, 2.75) is 26.7 Å². The van der Waals surface area contributed by atoms with Gasteiger partial charge in [0.05, 0.1) is 25.0 Å². The minimum atomic E-state index is -0.853. The summed E-state index contributed by atoms with van der Waals surface area (Å²) < 4.78 is 5.38. The van der Waals surface area contributed by atoms with Crippen LogP contribution in [-0.4, -0.2) is 43.3 Å². The normalized spacial score (nSPS) is 29.1. The Bertz CT molecular complexity index is 791. The molecule has 0 spiro atoms. The number of aliphatic carboxylic acids is 1. The molecule has 4 rings (SSSR count). The highest BCUT2D eigenvalue weighted by Crippen LogP contribution is 2.57. The predicted molar refractivity (Wildman–Crippen MR) is 107 cm³/mol. The first-order valence-corrected chi connectivity index (χ1v) is 10.1. The predicted octanol–water partition coefficient (Wildman–Crippen LogP) is 3.15. The minimum absolute atomic E-state index is 0.00643. The van der Waals surface area contributed by atoms with Crippen molar-refractivity contribution in [2.75, 3.05) is 36.5 Å². The lowest BCUT2D eigenvalue weighted by atomic mass is 9.78. The van der Waals surface area contributed by atoms with Crippen molar-refractivity contribution in [3.05, 3.63) is 35.4 Å². The fourth-order valence-electron chi connectivity index (χ4n) is 5.41. The monoisotopic (exact) mass is 384 g/mol. The van der Waals surface area contributed by atoms with Crippen molar-refractivity contribution < 1.29 is 19.4 Å². The number of carboxylic acid groups (broad SMARTS) is 1. The number of allylic oxidation sites excluding steroid dienone is 2. The lowest BCUT2D eigenvalue weighted by Gasteiger charge is -2.29. The third kappa shape index (κ3) is 3.30. The molecule has 4 atom stereocenters. The molecule has 2 N–H and O–H groups in total. The number of rotatable bonds is 4. The van der Waals surface area contributed by atoms with E-state index in [1.807, 2.05) is 38.1 Å². The molecule has 1 heterocycles. The van der Waals surface area contributed by atoms with Gasteiger partial charge in [0.1, 0.15) is 0 Å². The Hall–Kier alpha value is -2.34. The van der Waals surface area contributed by atoms with E-state index in [1.165, 1.54) is 11.1 Å². The molecule has 6 heteroatoms. The summed E-state index contributed by atoms with van der Waals surface area (Å²) in [4.78, 5) is 27.2. The fourth-order valence-corrected chi connectivity index (χ4v) is 5.41. The summed E-state index contributed by atoms with van der Waals surface area (Å²) in [6, 6.07) is 7.79. The number of ether oxygens (including phenoxy) is 1. The van der Waals surface area contributed by atoms with Gasteiger partial charge in [-0.2, -0.15) is 0 Å². The highest BCUT2D eigenvalue weighted by molar-refractivity contribution is 5.96. The molecule has 2 aliphatic carbocycles. The Kier molecular flexibility index (Phi) is 5.15. The SMILES string of the molecule is CC(C)=C1[C@H]2CC[C@H]1[C@H](C(=O)Nc1ccc(N3CCOCC3)cc1)[C@H]2C(=O)O. The molecule has 1 aromatic rings. The summed E-state index contributed by atoms with van der Waals surface area (Å²) in [5, 5.41) is 12.8. The molecular weight excluding hydrogens is 356 g/mol. The van der Waals surface area contributed by atoms with Gasteiger partial charge in [0.2, 0.25) is 5.91 Å². The second-order valence-electron chi connectivity index (χ2n) is 8.27. The van der Waals surface area contributed by atoms with Crippen LogP contribution in [0.5, 0.6) is 0 Å². The molecule has 1 aliphatic heterocycles. The van der Waals surface area contributed by atoms with E-state index in [0.717, 1.165) is 44.8 Å². The maximum atomic E-state index is 13.1. The van der Waals surface area contributed by atoms with Gasteiger partial charge in [-0.05, 0) is 62.8 Å². The second-order valence-corrected chi connectivity index (χ2v) is 8.27. The van der Waals surface area contributed by atoms with Crippen LogP contribution in [0.2, 0.25) is 0 Å². The average Bonchev–Trinajstić information content (AvgIpc) is 3.26. The van der Waals surface area contributed by atoms with Gasteiger partial charge < -0.3 is 20.1 Å². The lowest BCUT2D eigenvalue weighted by Crippen LogP contribution is -2.38. The Morgan fingerprint density at radius 1 is 1.04 bits per heavy atom. The van der Waals surface area contributed by atoms with E-state index in [4.69, 9.17) is 4.74 Å². The van der Waals surface area contributed by atoms with Crippen LogP contribution >= 0.6 is 0 Å².